The van der Waals surface area contributed by atoms with Crippen LogP contribution in [0.25, 0.3) is 0 Å². The van der Waals surface area contributed by atoms with Gasteiger partial charge in [-0.15, -0.1) is 0 Å². The summed E-state index contributed by atoms with van der Waals surface area (Å²) in [5, 5.41) is 6.48. The third-order valence-corrected chi connectivity index (χ3v) is 7.50. The van der Waals surface area contributed by atoms with Gasteiger partial charge in [0.05, 0.1) is 5.56 Å². The zero-order valence-electron chi connectivity index (χ0n) is 21.5. The van der Waals surface area contributed by atoms with E-state index in [2.05, 4.69) is 45.6 Å². The Labute approximate surface area is 208 Å². The van der Waals surface area contributed by atoms with Gasteiger partial charge in [-0.3, -0.25) is 4.79 Å². The smallest absolute Gasteiger partial charge is 0.289 e. The first-order chi connectivity index (χ1) is 16.9. The van der Waals surface area contributed by atoms with Crippen LogP contribution >= 0.6 is 0 Å². The van der Waals surface area contributed by atoms with Crippen molar-refractivity contribution in [1.82, 2.24) is 25.5 Å². The van der Waals surface area contributed by atoms with Crippen LogP contribution in [0.5, 0.6) is 5.88 Å². The van der Waals surface area contributed by atoms with Crippen molar-refractivity contribution in [2.24, 2.45) is 0 Å². The van der Waals surface area contributed by atoms with Gasteiger partial charge in [0, 0.05) is 44.3 Å². The highest BCUT2D eigenvalue weighted by molar-refractivity contribution is 5.91. The van der Waals surface area contributed by atoms with Gasteiger partial charge >= 0.3 is 0 Å². The molecule has 8 heteroatoms. The first-order valence-corrected chi connectivity index (χ1v) is 13.0. The van der Waals surface area contributed by atoms with Crippen LogP contribution in [0, 0.1) is 6.92 Å². The van der Waals surface area contributed by atoms with Gasteiger partial charge in [-0.2, -0.15) is 4.98 Å². The van der Waals surface area contributed by atoms with E-state index < -0.39 is 0 Å². The summed E-state index contributed by atoms with van der Waals surface area (Å²) in [4.78, 5) is 27.1. The van der Waals surface area contributed by atoms with Gasteiger partial charge in [0.25, 0.3) is 5.91 Å². The fraction of sp³-hybridized carbons (Fsp3) is 0.593. The third kappa shape index (κ3) is 4.74. The SMILES string of the molecule is Cc1cccc2c1C1(CCC2)CCc2c(nc(C(=O)N[C@H](C)CN(C)C)nc2N2CCNCC2)O1. The largest absolute Gasteiger partial charge is 0.466 e. The zero-order chi connectivity index (χ0) is 24.6. The Morgan fingerprint density at radius 2 is 2.03 bits per heavy atom. The molecule has 1 aromatic heterocycles. The number of benzene rings is 1. The number of carbonyl (C=O) groups is 1. The minimum absolute atomic E-state index is 0.0140. The first-order valence-electron chi connectivity index (χ1n) is 13.0. The van der Waals surface area contributed by atoms with E-state index in [1.165, 1.54) is 16.7 Å². The quantitative estimate of drug-likeness (QED) is 0.683. The molecule has 1 fully saturated rings. The van der Waals surface area contributed by atoms with Crippen LogP contribution in [-0.2, 0) is 18.4 Å². The normalized spacial score (nSPS) is 22.4. The predicted molar refractivity (Wildman–Crippen MR) is 137 cm³/mol. The van der Waals surface area contributed by atoms with Crippen molar-refractivity contribution in [2.75, 3.05) is 51.7 Å². The summed E-state index contributed by atoms with van der Waals surface area (Å²) in [7, 11) is 4.00. The molecule has 8 nitrogen and oxygen atoms in total. The molecule has 1 spiro atoms. The van der Waals surface area contributed by atoms with E-state index in [1.54, 1.807) is 0 Å². The van der Waals surface area contributed by atoms with Crippen molar-refractivity contribution >= 4 is 11.7 Å². The molecular weight excluding hydrogens is 440 g/mol. The van der Waals surface area contributed by atoms with Gasteiger partial charge in [0.2, 0.25) is 11.7 Å². The van der Waals surface area contributed by atoms with E-state index in [0.717, 1.165) is 76.2 Å². The maximum atomic E-state index is 13.2. The predicted octanol–water partition coefficient (Wildman–Crippen LogP) is 2.43. The van der Waals surface area contributed by atoms with E-state index >= 15 is 0 Å². The number of hydrogen-bond donors (Lipinski definition) is 2. The number of nitrogens with zero attached hydrogens (tertiary/aromatic N) is 4. The average molecular weight is 479 g/mol. The summed E-state index contributed by atoms with van der Waals surface area (Å²) >= 11 is 0. The number of aryl methyl sites for hydroxylation is 2. The number of hydrogen-bond acceptors (Lipinski definition) is 7. The molecule has 2 aliphatic heterocycles. The average Bonchev–Trinajstić information content (AvgIpc) is 2.83. The van der Waals surface area contributed by atoms with Gasteiger partial charge in [-0.1, -0.05) is 18.2 Å². The Kier molecular flexibility index (Phi) is 6.68. The van der Waals surface area contributed by atoms with Gasteiger partial charge in [0.15, 0.2) is 0 Å². The van der Waals surface area contributed by atoms with E-state index in [0.29, 0.717) is 5.88 Å². The highest BCUT2D eigenvalue weighted by Crippen LogP contribution is 2.48. The van der Waals surface area contributed by atoms with E-state index in [9.17, 15) is 4.79 Å². The van der Waals surface area contributed by atoms with Crippen molar-refractivity contribution in [3.8, 4) is 5.88 Å². The maximum Gasteiger partial charge on any atom is 0.289 e. The van der Waals surface area contributed by atoms with Gasteiger partial charge in [-0.25, -0.2) is 4.98 Å². The molecule has 3 aliphatic rings. The molecule has 0 radical (unpaired) electrons. The fourth-order valence-corrected chi connectivity index (χ4v) is 6.07. The highest BCUT2D eigenvalue weighted by Gasteiger charge is 2.44. The molecule has 188 valence electrons. The van der Waals surface area contributed by atoms with Crippen LogP contribution in [-0.4, -0.2) is 73.6 Å². The lowest BCUT2D eigenvalue weighted by molar-refractivity contribution is 0.0191. The number of ether oxygens (including phenoxy) is 1. The van der Waals surface area contributed by atoms with Crippen molar-refractivity contribution in [3.63, 3.8) is 0 Å². The van der Waals surface area contributed by atoms with E-state index in [4.69, 9.17) is 14.7 Å². The van der Waals surface area contributed by atoms with E-state index in [1.807, 2.05) is 21.0 Å². The van der Waals surface area contributed by atoms with Crippen LogP contribution in [0.1, 0.15) is 59.1 Å². The molecule has 2 atom stereocenters. The lowest BCUT2D eigenvalue weighted by atomic mass is 9.73. The molecule has 1 aromatic carbocycles. The Balaban J connectivity index is 1.53. The number of rotatable bonds is 5. The summed E-state index contributed by atoms with van der Waals surface area (Å²) in [6, 6.07) is 6.55. The molecule has 1 aliphatic carbocycles. The molecule has 5 rings (SSSR count). The Hall–Kier alpha value is -2.71. The molecular formula is C27H38N6O2. The van der Waals surface area contributed by atoms with Crippen LogP contribution in [0.3, 0.4) is 0 Å². The highest BCUT2D eigenvalue weighted by atomic mass is 16.5. The number of likely N-dealkylation sites (N-methyl/N-ethyl adjacent to an activating group) is 1. The fourth-order valence-electron chi connectivity index (χ4n) is 6.07. The lowest BCUT2D eigenvalue weighted by Gasteiger charge is -2.44. The number of piperazine rings is 1. The zero-order valence-corrected chi connectivity index (χ0v) is 21.5. The van der Waals surface area contributed by atoms with Crippen molar-refractivity contribution in [2.45, 2.75) is 57.6 Å². The monoisotopic (exact) mass is 478 g/mol. The molecule has 1 saturated heterocycles. The van der Waals surface area contributed by atoms with Gasteiger partial charge in [0.1, 0.15) is 11.4 Å². The van der Waals surface area contributed by atoms with Crippen molar-refractivity contribution < 1.29 is 9.53 Å². The first kappa shape index (κ1) is 24.0. The van der Waals surface area contributed by atoms with Gasteiger partial charge < -0.3 is 25.2 Å². The van der Waals surface area contributed by atoms with Gasteiger partial charge in [-0.05, 0) is 71.2 Å². The number of nitrogens with one attached hydrogen (secondary N) is 2. The van der Waals surface area contributed by atoms with Crippen molar-refractivity contribution in [3.05, 3.63) is 46.3 Å². The Morgan fingerprint density at radius 3 is 2.80 bits per heavy atom. The number of carbonyl (C=O) groups excluding carboxylic acids is 1. The summed E-state index contributed by atoms with van der Waals surface area (Å²) < 4.78 is 6.88. The summed E-state index contributed by atoms with van der Waals surface area (Å²) in [5.74, 6) is 1.39. The topological polar surface area (TPSA) is 82.6 Å². The number of amides is 1. The molecule has 2 aromatic rings. The minimum Gasteiger partial charge on any atom is -0.466 e. The van der Waals surface area contributed by atoms with Crippen LogP contribution < -0.4 is 20.3 Å². The third-order valence-electron chi connectivity index (χ3n) is 7.50. The second-order valence-electron chi connectivity index (χ2n) is 10.6. The second kappa shape index (κ2) is 9.74. The minimum atomic E-state index is -0.382. The Bertz CT molecular complexity index is 1100. The standard InChI is InChI=1S/C27H38N6O2/c1-18-7-5-8-20-9-6-11-27(22(18)20)12-10-21-24(33-15-13-28-14-16-33)30-23(31-26(21)35-27)25(34)29-19(2)17-32(3)4/h5,7-8,19,28H,6,9-17H2,1-4H3,(H,29,34)/t19-,27?/m1/s1. The summed E-state index contributed by atoms with van der Waals surface area (Å²) in [6.07, 6.45) is 4.91. The number of aromatic nitrogens is 2. The molecule has 1 amide bonds. The molecule has 0 saturated carbocycles. The lowest BCUT2D eigenvalue weighted by Crippen LogP contribution is -2.46. The molecule has 3 heterocycles. The number of fused-ring (bicyclic) bond motifs is 3. The van der Waals surface area contributed by atoms with E-state index in [-0.39, 0.29) is 23.4 Å². The molecule has 1 unspecified atom stereocenters. The van der Waals surface area contributed by atoms with Crippen LogP contribution in [0.15, 0.2) is 18.2 Å². The molecule has 0 bridgehead atoms. The van der Waals surface area contributed by atoms with Crippen LogP contribution in [0.2, 0.25) is 0 Å². The van der Waals surface area contributed by atoms with Crippen LogP contribution in [0.4, 0.5) is 5.82 Å². The Morgan fingerprint density at radius 1 is 1.23 bits per heavy atom. The summed E-state index contributed by atoms with van der Waals surface area (Å²) in [5.41, 5.74) is 4.64. The number of anilines is 1. The molecule has 2 N–H and O–H groups in total. The second-order valence-corrected chi connectivity index (χ2v) is 10.6. The summed E-state index contributed by atoms with van der Waals surface area (Å²) in [6.45, 7) is 8.44. The maximum absolute atomic E-state index is 13.2. The van der Waals surface area contributed by atoms with Crippen molar-refractivity contribution in [1.29, 1.82) is 0 Å². The molecule has 35 heavy (non-hydrogen) atoms.